The molecule has 1 saturated carbocycles. The Bertz CT molecular complexity index is 1380. The van der Waals surface area contributed by atoms with Crippen LogP contribution in [0, 0.1) is 0 Å². The van der Waals surface area contributed by atoms with Crippen molar-refractivity contribution in [1.82, 2.24) is 29.5 Å². The molecule has 5 heterocycles. The predicted octanol–water partition coefficient (Wildman–Crippen LogP) is 4.12. The van der Waals surface area contributed by atoms with E-state index < -0.39 is 5.54 Å². The number of halogens is 1. The minimum atomic E-state index is -0.840. The van der Waals surface area contributed by atoms with Gasteiger partial charge in [0.2, 0.25) is 17.8 Å². The van der Waals surface area contributed by atoms with Crippen LogP contribution in [-0.2, 0) is 4.79 Å². The van der Waals surface area contributed by atoms with Gasteiger partial charge in [0, 0.05) is 36.6 Å². The molecule has 34 heavy (non-hydrogen) atoms. The lowest BCUT2D eigenvalue weighted by atomic mass is 9.97. The Balaban J connectivity index is 1.32. The van der Waals surface area contributed by atoms with Gasteiger partial charge >= 0.3 is 0 Å². The van der Waals surface area contributed by atoms with Crippen molar-refractivity contribution in [3.05, 3.63) is 53.6 Å². The largest absolute Gasteiger partial charge is 0.326 e. The van der Waals surface area contributed by atoms with Crippen LogP contribution in [-0.4, -0.2) is 47.5 Å². The second-order valence-corrected chi connectivity index (χ2v) is 9.44. The summed E-state index contributed by atoms with van der Waals surface area (Å²) in [6.45, 7) is 2.57. The van der Waals surface area contributed by atoms with Gasteiger partial charge in [-0.25, -0.2) is 0 Å². The molecule has 0 radical (unpaired) electrons. The van der Waals surface area contributed by atoms with Gasteiger partial charge in [-0.05, 0) is 50.8 Å². The third-order valence-electron chi connectivity index (χ3n) is 6.62. The molecule has 4 aromatic rings. The van der Waals surface area contributed by atoms with Gasteiger partial charge in [-0.1, -0.05) is 11.6 Å². The zero-order valence-electron chi connectivity index (χ0n) is 18.6. The topological polar surface area (TPSA) is 116 Å². The summed E-state index contributed by atoms with van der Waals surface area (Å²) in [6, 6.07) is 7.51. The maximum atomic E-state index is 13.4. The van der Waals surface area contributed by atoms with E-state index in [1.807, 2.05) is 40.6 Å². The van der Waals surface area contributed by atoms with Crippen LogP contribution in [0.3, 0.4) is 0 Å². The summed E-state index contributed by atoms with van der Waals surface area (Å²) in [4.78, 5) is 29.0. The molecule has 2 fully saturated rings. The Kier molecular flexibility index (Phi) is 4.91. The van der Waals surface area contributed by atoms with E-state index in [-0.39, 0.29) is 5.91 Å². The number of aromatic amines is 1. The SMILES string of the molecule is C[C@@]1(C(=O)Nc2cnccc2Cl)CCCN1c1nc(Nc2cc(C3CC3)[nH]n2)n2cccc2n1. The number of H-pyrrole nitrogens is 1. The highest BCUT2D eigenvalue weighted by Gasteiger charge is 2.45. The smallest absolute Gasteiger partial charge is 0.250 e. The molecule has 3 N–H and O–H groups in total. The van der Waals surface area contributed by atoms with Crippen molar-refractivity contribution in [2.75, 3.05) is 22.1 Å². The maximum Gasteiger partial charge on any atom is 0.250 e. The Morgan fingerprint density at radius 2 is 2.18 bits per heavy atom. The van der Waals surface area contributed by atoms with Crippen molar-refractivity contribution in [2.24, 2.45) is 0 Å². The molecular weight excluding hydrogens is 454 g/mol. The van der Waals surface area contributed by atoms with Crippen LogP contribution in [0.2, 0.25) is 5.02 Å². The number of carbonyl (C=O) groups excluding carboxylic acids is 1. The quantitative estimate of drug-likeness (QED) is 0.382. The number of rotatable bonds is 6. The molecule has 0 unspecified atom stereocenters. The molecule has 0 bridgehead atoms. The first-order valence-electron chi connectivity index (χ1n) is 11.4. The van der Waals surface area contributed by atoms with E-state index in [9.17, 15) is 4.79 Å². The van der Waals surface area contributed by atoms with Crippen molar-refractivity contribution in [3.8, 4) is 0 Å². The van der Waals surface area contributed by atoms with Crippen molar-refractivity contribution >= 4 is 46.6 Å². The molecule has 11 heteroatoms. The monoisotopic (exact) mass is 477 g/mol. The average Bonchev–Trinajstić information content (AvgIpc) is 3.20. The summed E-state index contributed by atoms with van der Waals surface area (Å²) >= 11 is 6.24. The zero-order valence-corrected chi connectivity index (χ0v) is 19.4. The normalized spacial score (nSPS) is 20.1. The van der Waals surface area contributed by atoms with Crippen molar-refractivity contribution in [2.45, 2.75) is 44.1 Å². The van der Waals surface area contributed by atoms with Gasteiger partial charge in [0.1, 0.15) is 11.2 Å². The molecular formula is C23H24ClN9O. The lowest BCUT2D eigenvalue weighted by molar-refractivity contribution is -0.120. The van der Waals surface area contributed by atoms with E-state index in [0.717, 1.165) is 17.8 Å². The van der Waals surface area contributed by atoms with Gasteiger partial charge in [-0.3, -0.25) is 19.3 Å². The number of hydrogen-bond acceptors (Lipinski definition) is 7. The molecule has 1 aliphatic carbocycles. The highest BCUT2D eigenvalue weighted by atomic mass is 35.5. The first kappa shape index (κ1) is 20.9. The van der Waals surface area contributed by atoms with Gasteiger partial charge in [0.25, 0.3) is 0 Å². The Morgan fingerprint density at radius 3 is 3.00 bits per heavy atom. The van der Waals surface area contributed by atoms with Crippen LogP contribution in [0.25, 0.3) is 5.65 Å². The summed E-state index contributed by atoms with van der Waals surface area (Å²) in [7, 11) is 0. The number of nitrogens with one attached hydrogen (secondary N) is 3. The van der Waals surface area contributed by atoms with E-state index in [2.05, 4.69) is 25.8 Å². The fraction of sp³-hybridized carbons (Fsp3) is 0.348. The Labute approximate surface area is 200 Å². The van der Waals surface area contributed by atoms with E-state index in [0.29, 0.717) is 47.3 Å². The maximum absolute atomic E-state index is 13.4. The number of aromatic nitrogens is 6. The molecule has 1 amide bonds. The first-order valence-corrected chi connectivity index (χ1v) is 11.8. The number of anilines is 4. The number of hydrogen-bond donors (Lipinski definition) is 3. The Hall–Kier alpha value is -3.66. The van der Waals surface area contributed by atoms with Crippen LogP contribution >= 0.6 is 11.6 Å². The average molecular weight is 478 g/mol. The summed E-state index contributed by atoms with van der Waals surface area (Å²) < 4.78 is 1.87. The molecule has 1 saturated heterocycles. The molecule has 4 aromatic heterocycles. The summed E-state index contributed by atoms with van der Waals surface area (Å²) in [5, 5.41) is 14.2. The van der Waals surface area contributed by atoms with E-state index in [4.69, 9.17) is 21.6 Å². The van der Waals surface area contributed by atoms with Gasteiger partial charge in [0.05, 0.1) is 16.9 Å². The molecule has 174 valence electrons. The molecule has 1 aliphatic heterocycles. The third-order valence-corrected chi connectivity index (χ3v) is 6.95. The zero-order chi connectivity index (χ0) is 23.3. The minimum Gasteiger partial charge on any atom is -0.326 e. The highest BCUT2D eigenvalue weighted by Crippen LogP contribution is 2.40. The Morgan fingerprint density at radius 1 is 1.29 bits per heavy atom. The number of fused-ring (bicyclic) bond motifs is 1. The number of pyridine rings is 1. The summed E-state index contributed by atoms with van der Waals surface area (Å²) in [5.41, 5.74) is 1.51. The van der Waals surface area contributed by atoms with E-state index >= 15 is 0 Å². The summed E-state index contributed by atoms with van der Waals surface area (Å²) in [6.07, 6.45) is 8.93. The lowest BCUT2D eigenvalue weighted by Crippen LogP contribution is -2.51. The molecule has 10 nitrogen and oxygen atoms in total. The second-order valence-electron chi connectivity index (χ2n) is 9.03. The van der Waals surface area contributed by atoms with Gasteiger partial charge in [0.15, 0.2) is 5.82 Å². The van der Waals surface area contributed by atoms with Gasteiger partial charge in [-0.15, -0.1) is 0 Å². The fourth-order valence-corrected chi connectivity index (χ4v) is 4.64. The van der Waals surface area contributed by atoms with Crippen molar-refractivity contribution in [1.29, 1.82) is 0 Å². The van der Waals surface area contributed by atoms with Gasteiger partial charge in [-0.2, -0.15) is 15.1 Å². The standard InChI is InChI=1S/C23H24ClN9O/c1-23(20(34)26-17-13-25-9-7-15(17)24)8-3-11-33(23)22-28-19-4-2-10-32(19)21(29-22)27-18-12-16(30-31-18)14-5-6-14/h2,4,7,9-10,12-14H,3,5-6,8,11H2,1H3,(H,26,34)(H2,27,28,29,30,31)/t23-/m0/s1. The summed E-state index contributed by atoms with van der Waals surface area (Å²) in [5.74, 6) is 2.18. The van der Waals surface area contributed by atoms with Crippen LogP contribution in [0.1, 0.15) is 44.2 Å². The van der Waals surface area contributed by atoms with Crippen LogP contribution < -0.4 is 15.5 Å². The van der Waals surface area contributed by atoms with Crippen molar-refractivity contribution < 1.29 is 4.79 Å². The third kappa shape index (κ3) is 3.63. The minimum absolute atomic E-state index is 0.172. The van der Waals surface area contributed by atoms with E-state index in [1.54, 1.807) is 18.5 Å². The molecule has 0 spiro atoms. The van der Waals surface area contributed by atoms with Crippen molar-refractivity contribution in [3.63, 3.8) is 0 Å². The van der Waals surface area contributed by atoms with Crippen LogP contribution in [0.4, 0.5) is 23.4 Å². The lowest BCUT2D eigenvalue weighted by Gasteiger charge is -2.34. The molecule has 0 aromatic carbocycles. The number of amides is 1. The van der Waals surface area contributed by atoms with E-state index in [1.165, 1.54) is 12.8 Å². The first-order chi connectivity index (χ1) is 16.5. The predicted molar refractivity (Wildman–Crippen MR) is 130 cm³/mol. The second kappa shape index (κ2) is 7.98. The molecule has 1 atom stereocenters. The van der Waals surface area contributed by atoms with Crippen LogP contribution in [0.15, 0.2) is 42.9 Å². The molecule has 6 rings (SSSR count). The van der Waals surface area contributed by atoms with Gasteiger partial charge < -0.3 is 15.5 Å². The fourth-order valence-electron chi connectivity index (χ4n) is 4.49. The highest BCUT2D eigenvalue weighted by molar-refractivity contribution is 6.33. The number of nitrogens with zero attached hydrogens (tertiary/aromatic N) is 6. The van der Waals surface area contributed by atoms with Crippen LogP contribution in [0.5, 0.6) is 0 Å². The molecule has 2 aliphatic rings. The number of carbonyl (C=O) groups is 1.